The Kier molecular flexibility index (Phi) is 3.20. The molecule has 0 heterocycles. The van der Waals surface area contributed by atoms with Gasteiger partial charge < -0.3 is 0 Å². The Hall–Kier alpha value is -1.87. The van der Waals surface area contributed by atoms with Crippen LogP contribution in [-0.2, 0) is 5.54 Å². The Labute approximate surface area is 81.4 Å². The summed E-state index contributed by atoms with van der Waals surface area (Å²) < 4.78 is 0. The minimum atomic E-state index is -0.965. The number of benzene rings is 1. The van der Waals surface area contributed by atoms with Crippen molar-refractivity contribution in [2.45, 2.75) is 12.5 Å². The molecule has 5 heteroatoms. The van der Waals surface area contributed by atoms with Gasteiger partial charge in [-0.25, -0.2) is 0 Å². The molecule has 1 aromatic carbocycles. The van der Waals surface area contributed by atoms with E-state index in [0.717, 1.165) is 5.56 Å². The summed E-state index contributed by atoms with van der Waals surface area (Å²) in [5.41, 5.74) is 7.97. The molecule has 0 amide bonds. The van der Waals surface area contributed by atoms with Gasteiger partial charge in [0.1, 0.15) is 5.54 Å². The highest BCUT2D eigenvalue weighted by molar-refractivity contribution is 5.24. The first-order chi connectivity index (χ1) is 6.73. The van der Waals surface area contributed by atoms with E-state index in [1.807, 2.05) is 18.2 Å². The predicted octanol–water partition coefficient (Wildman–Crippen LogP) is 2.98. The van der Waals surface area contributed by atoms with Crippen molar-refractivity contribution in [3.63, 3.8) is 0 Å². The van der Waals surface area contributed by atoms with Gasteiger partial charge in [-0.1, -0.05) is 40.6 Å². The molecule has 0 saturated carbocycles. The Morgan fingerprint density at radius 1 is 1.43 bits per heavy atom. The lowest BCUT2D eigenvalue weighted by Crippen LogP contribution is -2.21. The molecule has 0 spiro atoms. The second kappa shape index (κ2) is 4.39. The zero-order valence-corrected chi connectivity index (χ0v) is 7.79. The minimum Gasteiger partial charge on any atom is -0.150 e. The van der Waals surface area contributed by atoms with Gasteiger partial charge in [0.25, 0.3) is 0 Å². The van der Waals surface area contributed by atoms with Gasteiger partial charge in [0.2, 0.25) is 0 Å². The highest BCUT2D eigenvalue weighted by Gasteiger charge is 2.26. The smallest absolute Gasteiger partial charge is 0.130 e. The van der Waals surface area contributed by atoms with E-state index in [4.69, 9.17) is 5.53 Å². The summed E-state index contributed by atoms with van der Waals surface area (Å²) in [6, 6.07) is 9.05. The lowest BCUT2D eigenvalue weighted by Gasteiger charge is -2.18. The van der Waals surface area contributed by atoms with Crippen LogP contribution in [0.4, 0.5) is 0 Å². The molecule has 0 unspecified atom stereocenters. The molecule has 0 aliphatic heterocycles. The summed E-state index contributed by atoms with van der Waals surface area (Å²) in [4.78, 5) is 13.3. The Bertz CT molecular complexity index is 358. The quantitative estimate of drug-likeness (QED) is 0.311. The van der Waals surface area contributed by atoms with Crippen LogP contribution in [0.1, 0.15) is 12.5 Å². The molecule has 0 aromatic heterocycles. The van der Waals surface area contributed by atoms with Crippen molar-refractivity contribution in [3.05, 3.63) is 51.2 Å². The summed E-state index contributed by atoms with van der Waals surface area (Å²) in [7, 11) is 0. The molecule has 0 aliphatic carbocycles. The van der Waals surface area contributed by atoms with E-state index in [9.17, 15) is 4.91 Å². The van der Waals surface area contributed by atoms with E-state index < -0.39 is 5.54 Å². The molecule has 0 radical (unpaired) electrons. The molecule has 0 bridgehead atoms. The Morgan fingerprint density at radius 2 is 2.07 bits per heavy atom. The molecule has 1 rings (SSSR count). The van der Waals surface area contributed by atoms with Crippen molar-refractivity contribution in [2.24, 2.45) is 10.3 Å². The molecule has 14 heavy (non-hydrogen) atoms. The third-order valence-electron chi connectivity index (χ3n) is 2.04. The third-order valence-corrected chi connectivity index (χ3v) is 2.04. The van der Waals surface area contributed by atoms with E-state index in [-0.39, 0.29) is 6.54 Å². The van der Waals surface area contributed by atoms with Gasteiger partial charge in [-0.2, -0.15) is 0 Å². The molecular weight excluding hydrogens is 180 g/mol. The molecule has 0 N–H and O–H groups in total. The van der Waals surface area contributed by atoms with E-state index in [2.05, 4.69) is 15.2 Å². The molecule has 1 atom stereocenters. The van der Waals surface area contributed by atoms with Crippen LogP contribution in [0, 0.1) is 4.91 Å². The average molecular weight is 190 g/mol. The molecule has 0 fully saturated rings. The van der Waals surface area contributed by atoms with Crippen LogP contribution in [-0.4, -0.2) is 6.54 Å². The first-order valence-electron chi connectivity index (χ1n) is 4.14. The first-order valence-corrected chi connectivity index (χ1v) is 4.14. The number of nitrogens with zero attached hydrogens (tertiary/aromatic N) is 4. The maximum atomic E-state index is 10.7. The summed E-state index contributed by atoms with van der Waals surface area (Å²) in [5.74, 6) is 0. The van der Waals surface area contributed by atoms with Crippen LogP contribution in [0.2, 0.25) is 0 Å². The van der Waals surface area contributed by atoms with Crippen molar-refractivity contribution in [2.75, 3.05) is 6.54 Å². The molecule has 0 saturated heterocycles. The van der Waals surface area contributed by atoms with Gasteiger partial charge in [-0.15, -0.1) is 4.91 Å². The summed E-state index contributed by atoms with van der Waals surface area (Å²) in [6.45, 7) is 1.68. The standard InChI is InChI=1S/C9H10N4O/c1-9(12-14,7-11-13-10)8-5-3-2-4-6-8/h2-6H,7H2,1H3/t9-/m0/s1. The highest BCUT2D eigenvalue weighted by Crippen LogP contribution is 2.25. The lowest BCUT2D eigenvalue weighted by atomic mass is 9.93. The SMILES string of the molecule is C[C@@](CN=[N+]=[N-])(N=O)c1ccccc1. The molecule has 0 aliphatic rings. The Morgan fingerprint density at radius 3 is 2.57 bits per heavy atom. The van der Waals surface area contributed by atoms with E-state index in [1.54, 1.807) is 19.1 Å². The van der Waals surface area contributed by atoms with Crippen molar-refractivity contribution >= 4 is 0 Å². The molecule has 1 aromatic rings. The van der Waals surface area contributed by atoms with Gasteiger partial charge in [0.15, 0.2) is 0 Å². The number of rotatable bonds is 4. The second-order valence-electron chi connectivity index (χ2n) is 3.12. The van der Waals surface area contributed by atoms with Crippen LogP contribution in [0.5, 0.6) is 0 Å². The van der Waals surface area contributed by atoms with Crippen molar-refractivity contribution in [1.82, 2.24) is 0 Å². The monoisotopic (exact) mass is 190 g/mol. The van der Waals surface area contributed by atoms with Crippen molar-refractivity contribution in [1.29, 1.82) is 0 Å². The normalized spacial score (nSPS) is 13.8. The largest absolute Gasteiger partial charge is 0.150 e. The van der Waals surface area contributed by atoms with Crippen LogP contribution in [0.25, 0.3) is 10.4 Å². The Balaban J connectivity index is 3.01. The average Bonchev–Trinajstić information content (AvgIpc) is 2.27. The van der Waals surface area contributed by atoms with Crippen LogP contribution in [0.15, 0.2) is 40.6 Å². The first kappa shape index (κ1) is 10.2. The maximum Gasteiger partial charge on any atom is 0.130 e. The molecular formula is C9H10N4O. The molecule has 5 nitrogen and oxygen atoms in total. The second-order valence-corrected chi connectivity index (χ2v) is 3.12. The maximum absolute atomic E-state index is 10.7. The highest BCUT2D eigenvalue weighted by atomic mass is 16.3. The zero-order chi connectivity index (χ0) is 10.4. The lowest BCUT2D eigenvalue weighted by molar-refractivity contribution is 0.505. The van der Waals surface area contributed by atoms with Gasteiger partial charge in [-0.05, 0) is 18.0 Å². The van der Waals surface area contributed by atoms with Gasteiger partial charge in [-0.3, -0.25) is 0 Å². The van der Waals surface area contributed by atoms with Crippen LogP contribution in [0.3, 0.4) is 0 Å². The minimum absolute atomic E-state index is 0.0387. The number of azide groups is 1. The third kappa shape index (κ3) is 2.08. The number of nitroso groups, excluding NO2 is 1. The summed E-state index contributed by atoms with van der Waals surface area (Å²) in [6.07, 6.45) is 0. The van der Waals surface area contributed by atoms with E-state index >= 15 is 0 Å². The van der Waals surface area contributed by atoms with Crippen molar-refractivity contribution in [3.8, 4) is 0 Å². The van der Waals surface area contributed by atoms with E-state index in [0.29, 0.717) is 0 Å². The topological polar surface area (TPSA) is 78.2 Å². The fourth-order valence-electron chi connectivity index (χ4n) is 1.14. The fourth-order valence-corrected chi connectivity index (χ4v) is 1.14. The van der Waals surface area contributed by atoms with Gasteiger partial charge in [0.05, 0.1) is 6.54 Å². The van der Waals surface area contributed by atoms with Gasteiger partial charge in [0, 0.05) is 4.91 Å². The predicted molar refractivity (Wildman–Crippen MR) is 53.6 cm³/mol. The summed E-state index contributed by atoms with van der Waals surface area (Å²) >= 11 is 0. The summed E-state index contributed by atoms with van der Waals surface area (Å²) in [5, 5.41) is 6.39. The van der Waals surface area contributed by atoms with Crippen LogP contribution < -0.4 is 0 Å². The van der Waals surface area contributed by atoms with Gasteiger partial charge >= 0.3 is 0 Å². The fraction of sp³-hybridized carbons (Fsp3) is 0.333. The zero-order valence-electron chi connectivity index (χ0n) is 7.79. The van der Waals surface area contributed by atoms with Crippen LogP contribution >= 0.6 is 0 Å². The number of hydrogen-bond donors (Lipinski definition) is 0. The number of hydrogen-bond acceptors (Lipinski definition) is 3. The van der Waals surface area contributed by atoms with E-state index in [1.165, 1.54) is 0 Å². The van der Waals surface area contributed by atoms with Crippen molar-refractivity contribution < 1.29 is 0 Å². The molecule has 72 valence electrons.